The summed E-state index contributed by atoms with van der Waals surface area (Å²) in [6.07, 6.45) is 8.43. The highest BCUT2D eigenvalue weighted by Crippen LogP contribution is 2.14. The summed E-state index contributed by atoms with van der Waals surface area (Å²) in [6, 6.07) is 9.03. The molecule has 0 spiro atoms. The quantitative estimate of drug-likeness (QED) is 0.610. The first-order valence-corrected chi connectivity index (χ1v) is 6.58. The molecule has 88 valence electrons. The van der Waals surface area contributed by atoms with Gasteiger partial charge in [0.15, 0.2) is 0 Å². The van der Waals surface area contributed by atoms with E-state index in [1.807, 2.05) is 0 Å². The van der Waals surface area contributed by atoms with E-state index >= 15 is 0 Å². The van der Waals surface area contributed by atoms with Gasteiger partial charge in [0, 0.05) is 0 Å². The highest BCUT2D eigenvalue weighted by Gasteiger charge is 1.94. The van der Waals surface area contributed by atoms with Gasteiger partial charge < -0.3 is 0 Å². The Morgan fingerprint density at radius 3 is 2.12 bits per heavy atom. The Labute approximate surface area is 100 Å². The van der Waals surface area contributed by atoms with Crippen molar-refractivity contribution in [1.82, 2.24) is 0 Å². The number of unbranched alkanes of at least 4 members (excludes halogenated alkanes) is 1. The zero-order valence-electron chi connectivity index (χ0n) is 10.9. The maximum absolute atomic E-state index is 2.32. The Balaban J connectivity index is 2.67. The molecule has 0 saturated carbocycles. The van der Waals surface area contributed by atoms with Crippen LogP contribution in [0.2, 0.25) is 0 Å². The number of hydrogen-bond donors (Lipinski definition) is 0. The predicted octanol–water partition coefficient (Wildman–Crippen LogP) is 5.23. The summed E-state index contributed by atoms with van der Waals surface area (Å²) in [7, 11) is 0. The molecule has 0 aliphatic heterocycles. The summed E-state index contributed by atoms with van der Waals surface area (Å²) in [5.41, 5.74) is 4.34. The van der Waals surface area contributed by atoms with E-state index in [4.69, 9.17) is 0 Å². The van der Waals surface area contributed by atoms with E-state index in [-0.39, 0.29) is 0 Å². The molecule has 0 radical (unpaired) electrons. The molecule has 0 amide bonds. The van der Waals surface area contributed by atoms with Crippen molar-refractivity contribution in [3.8, 4) is 0 Å². The Bertz CT molecular complexity index is 310. The van der Waals surface area contributed by atoms with Crippen LogP contribution in [0.5, 0.6) is 0 Å². The van der Waals surface area contributed by atoms with Gasteiger partial charge in [-0.05, 0) is 36.8 Å². The van der Waals surface area contributed by atoms with Crippen LogP contribution < -0.4 is 0 Å². The van der Waals surface area contributed by atoms with Crippen molar-refractivity contribution in [3.05, 3.63) is 41.0 Å². The zero-order chi connectivity index (χ0) is 11.8. The zero-order valence-corrected chi connectivity index (χ0v) is 10.9. The third kappa shape index (κ3) is 4.22. The van der Waals surface area contributed by atoms with E-state index in [1.165, 1.54) is 36.0 Å². The van der Waals surface area contributed by atoms with E-state index in [9.17, 15) is 0 Å². The van der Waals surface area contributed by atoms with Gasteiger partial charge in [-0.25, -0.2) is 0 Å². The highest BCUT2D eigenvalue weighted by atomic mass is 14.0. The third-order valence-electron chi connectivity index (χ3n) is 3.08. The van der Waals surface area contributed by atoms with Crippen molar-refractivity contribution in [3.63, 3.8) is 0 Å². The number of aryl methyl sites for hydroxylation is 1. The standard InChI is InChI=1S/C16H24/c1-4-7-8-15-9-11-16(12-10-15)13-14(5-2)6-3/h9-13H,4-8H2,1-3H3. The molecule has 1 aromatic carbocycles. The van der Waals surface area contributed by atoms with Crippen LogP contribution in [0.3, 0.4) is 0 Å². The molecular formula is C16H24. The molecule has 1 rings (SSSR count). The molecule has 1 aromatic rings. The fourth-order valence-electron chi connectivity index (χ4n) is 1.85. The smallest absolute Gasteiger partial charge is 0.0257 e. The van der Waals surface area contributed by atoms with Gasteiger partial charge in [-0.2, -0.15) is 0 Å². The molecule has 0 bridgehead atoms. The van der Waals surface area contributed by atoms with Gasteiger partial charge in [-0.1, -0.05) is 63.1 Å². The Hall–Kier alpha value is -1.04. The highest BCUT2D eigenvalue weighted by molar-refractivity contribution is 5.53. The normalized spacial score (nSPS) is 10.2. The molecule has 0 saturated heterocycles. The van der Waals surface area contributed by atoms with E-state index < -0.39 is 0 Å². The lowest BCUT2D eigenvalue weighted by Gasteiger charge is -2.03. The van der Waals surface area contributed by atoms with Crippen molar-refractivity contribution in [2.45, 2.75) is 52.9 Å². The maximum atomic E-state index is 2.32. The lowest BCUT2D eigenvalue weighted by atomic mass is 10.0. The van der Waals surface area contributed by atoms with Crippen molar-refractivity contribution in [2.75, 3.05) is 0 Å². The second-order valence-corrected chi connectivity index (χ2v) is 4.35. The van der Waals surface area contributed by atoms with E-state index in [1.54, 1.807) is 0 Å². The van der Waals surface area contributed by atoms with Gasteiger partial charge in [0.2, 0.25) is 0 Å². The van der Waals surface area contributed by atoms with Crippen LogP contribution in [0, 0.1) is 0 Å². The summed E-state index contributed by atoms with van der Waals surface area (Å²) < 4.78 is 0. The SMILES string of the molecule is CCCCc1ccc(C=C(CC)CC)cc1. The largest absolute Gasteiger partial charge is 0.0702 e. The van der Waals surface area contributed by atoms with Gasteiger partial charge >= 0.3 is 0 Å². The molecule has 0 aromatic heterocycles. The molecule has 0 unspecified atom stereocenters. The maximum Gasteiger partial charge on any atom is -0.0257 e. The summed E-state index contributed by atoms with van der Waals surface area (Å²) in [6.45, 7) is 6.70. The predicted molar refractivity (Wildman–Crippen MR) is 73.6 cm³/mol. The fraction of sp³-hybridized carbons (Fsp3) is 0.500. The van der Waals surface area contributed by atoms with Crippen molar-refractivity contribution in [1.29, 1.82) is 0 Å². The molecule has 0 N–H and O–H groups in total. The molecule has 0 aliphatic rings. The first kappa shape index (κ1) is 13.0. The fourth-order valence-corrected chi connectivity index (χ4v) is 1.85. The third-order valence-corrected chi connectivity index (χ3v) is 3.08. The first-order valence-electron chi connectivity index (χ1n) is 6.58. The molecule has 0 fully saturated rings. The summed E-state index contributed by atoms with van der Waals surface area (Å²) >= 11 is 0. The minimum atomic E-state index is 1.16. The summed E-state index contributed by atoms with van der Waals surface area (Å²) in [5.74, 6) is 0. The molecule has 0 nitrogen and oxygen atoms in total. The second kappa shape index (κ2) is 7.27. The van der Waals surface area contributed by atoms with Crippen molar-refractivity contribution in [2.24, 2.45) is 0 Å². The molecule has 0 heterocycles. The van der Waals surface area contributed by atoms with Gasteiger partial charge in [-0.3, -0.25) is 0 Å². The van der Waals surface area contributed by atoms with Gasteiger partial charge in [0.05, 0.1) is 0 Å². The van der Waals surface area contributed by atoms with Crippen molar-refractivity contribution >= 4 is 6.08 Å². The molecule has 0 atom stereocenters. The van der Waals surface area contributed by atoms with Crippen LogP contribution in [-0.4, -0.2) is 0 Å². The van der Waals surface area contributed by atoms with Gasteiger partial charge in [0.25, 0.3) is 0 Å². The molecule has 16 heavy (non-hydrogen) atoms. The molecule has 0 heteroatoms. The van der Waals surface area contributed by atoms with Gasteiger partial charge in [0.1, 0.15) is 0 Å². The number of rotatable bonds is 6. The summed E-state index contributed by atoms with van der Waals surface area (Å²) in [4.78, 5) is 0. The Morgan fingerprint density at radius 1 is 1.00 bits per heavy atom. The molecular weight excluding hydrogens is 192 g/mol. The van der Waals surface area contributed by atoms with Gasteiger partial charge in [-0.15, -0.1) is 0 Å². The average Bonchev–Trinajstić information content (AvgIpc) is 2.35. The van der Waals surface area contributed by atoms with Crippen molar-refractivity contribution < 1.29 is 0 Å². The van der Waals surface area contributed by atoms with E-state index in [0.29, 0.717) is 0 Å². The second-order valence-electron chi connectivity index (χ2n) is 4.35. The van der Waals surface area contributed by atoms with Crippen LogP contribution in [0.25, 0.3) is 6.08 Å². The van der Waals surface area contributed by atoms with E-state index in [0.717, 1.165) is 12.8 Å². The summed E-state index contributed by atoms with van der Waals surface area (Å²) in [5, 5.41) is 0. The number of benzene rings is 1. The minimum absolute atomic E-state index is 1.16. The van der Waals surface area contributed by atoms with Crippen LogP contribution in [-0.2, 0) is 6.42 Å². The van der Waals surface area contributed by atoms with Crippen LogP contribution in [0.4, 0.5) is 0 Å². The Morgan fingerprint density at radius 2 is 1.62 bits per heavy atom. The van der Waals surface area contributed by atoms with Crippen LogP contribution >= 0.6 is 0 Å². The topological polar surface area (TPSA) is 0 Å². The lowest BCUT2D eigenvalue weighted by molar-refractivity contribution is 0.795. The van der Waals surface area contributed by atoms with Crippen LogP contribution in [0.1, 0.15) is 57.6 Å². The number of allylic oxidation sites excluding steroid dienone is 1. The van der Waals surface area contributed by atoms with E-state index in [2.05, 4.69) is 51.1 Å². The monoisotopic (exact) mass is 216 g/mol. The number of hydrogen-bond acceptors (Lipinski definition) is 0. The average molecular weight is 216 g/mol. The first-order chi connectivity index (χ1) is 7.80. The minimum Gasteiger partial charge on any atom is -0.0702 e. The molecule has 0 aliphatic carbocycles. The van der Waals surface area contributed by atoms with Crippen LogP contribution in [0.15, 0.2) is 29.8 Å². The lowest BCUT2D eigenvalue weighted by Crippen LogP contribution is -1.85. The Kier molecular flexibility index (Phi) is 5.92.